The van der Waals surface area contributed by atoms with Crippen LogP contribution in [0.4, 0.5) is 8.78 Å². The highest BCUT2D eigenvalue weighted by Crippen LogP contribution is 2.29. The lowest BCUT2D eigenvalue weighted by Gasteiger charge is -2.31. The highest BCUT2D eigenvalue weighted by atomic mass is 19.3. The van der Waals surface area contributed by atoms with Gasteiger partial charge in [0, 0.05) is 20.0 Å². The molecular weight excluding hydrogens is 358 g/mol. The van der Waals surface area contributed by atoms with Crippen LogP contribution in [0.1, 0.15) is 18.7 Å². The second-order valence-corrected chi connectivity index (χ2v) is 6.67. The Hall–Kier alpha value is -2.55. The van der Waals surface area contributed by atoms with Crippen molar-refractivity contribution in [1.29, 1.82) is 0 Å². The van der Waals surface area contributed by atoms with Gasteiger partial charge in [-0.1, -0.05) is 17.3 Å². The van der Waals surface area contributed by atoms with Gasteiger partial charge >= 0.3 is 6.61 Å². The minimum absolute atomic E-state index is 0.00265. The lowest BCUT2D eigenvalue weighted by molar-refractivity contribution is -0.134. The van der Waals surface area contributed by atoms with Crippen LogP contribution < -0.4 is 4.74 Å². The highest BCUT2D eigenvalue weighted by molar-refractivity contribution is 5.78. The van der Waals surface area contributed by atoms with E-state index < -0.39 is 6.61 Å². The third-order valence-electron chi connectivity index (χ3n) is 4.55. The first kappa shape index (κ1) is 19.2. The van der Waals surface area contributed by atoms with E-state index in [0.717, 1.165) is 25.9 Å². The van der Waals surface area contributed by atoms with Crippen molar-refractivity contribution in [3.8, 4) is 17.1 Å². The first-order chi connectivity index (χ1) is 12.9. The summed E-state index contributed by atoms with van der Waals surface area (Å²) in [5.41, 5.74) is 0.350. The number of carbonyl (C=O) groups is 1. The van der Waals surface area contributed by atoms with Gasteiger partial charge in [0.15, 0.2) is 0 Å². The molecule has 0 radical (unpaired) electrons. The molecule has 0 bridgehead atoms. The summed E-state index contributed by atoms with van der Waals surface area (Å²) in [6.45, 7) is -0.961. The zero-order valence-corrected chi connectivity index (χ0v) is 15.3. The Bertz CT molecular complexity index is 773. The molecule has 0 atom stereocenters. The number of halogens is 2. The maximum Gasteiger partial charge on any atom is 0.387 e. The van der Waals surface area contributed by atoms with Crippen LogP contribution >= 0.6 is 0 Å². The summed E-state index contributed by atoms with van der Waals surface area (Å²) in [5, 5.41) is 3.89. The molecule has 1 saturated heterocycles. The molecule has 3 rings (SSSR count). The van der Waals surface area contributed by atoms with Gasteiger partial charge < -0.3 is 14.2 Å². The fourth-order valence-electron chi connectivity index (χ4n) is 3.17. The SMILES string of the molecule is CN(C)C(=O)C1CCN(Cc2nc(-c3ccccc3OC(F)F)no2)CC1. The minimum atomic E-state index is -2.93. The first-order valence-electron chi connectivity index (χ1n) is 8.74. The van der Waals surface area contributed by atoms with Crippen molar-refractivity contribution in [3.05, 3.63) is 30.2 Å². The Morgan fingerprint density at radius 1 is 1.33 bits per heavy atom. The number of piperidine rings is 1. The van der Waals surface area contributed by atoms with Crippen LogP contribution in [-0.2, 0) is 11.3 Å². The van der Waals surface area contributed by atoms with Crippen molar-refractivity contribution in [2.75, 3.05) is 27.2 Å². The Labute approximate surface area is 155 Å². The summed E-state index contributed by atoms with van der Waals surface area (Å²) in [5.74, 6) is 0.814. The molecule has 0 unspecified atom stereocenters. The molecule has 2 heterocycles. The van der Waals surface area contributed by atoms with Crippen LogP contribution in [0, 0.1) is 5.92 Å². The van der Waals surface area contributed by atoms with E-state index in [-0.39, 0.29) is 23.4 Å². The predicted octanol–water partition coefficient (Wildman–Crippen LogP) is 2.64. The lowest BCUT2D eigenvalue weighted by atomic mass is 9.95. The predicted molar refractivity (Wildman–Crippen MR) is 93.1 cm³/mol. The fourth-order valence-corrected chi connectivity index (χ4v) is 3.17. The number of hydrogen-bond acceptors (Lipinski definition) is 6. The average molecular weight is 380 g/mol. The van der Waals surface area contributed by atoms with Crippen LogP contribution in [0.2, 0.25) is 0 Å². The Kier molecular flexibility index (Phi) is 6.00. The number of para-hydroxylation sites is 1. The van der Waals surface area contributed by atoms with Gasteiger partial charge in [0.05, 0.1) is 12.1 Å². The van der Waals surface area contributed by atoms with E-state index in [1.165, 1.54) is 6.07 Å². The van der Waals surface area contributed by atoms with Crippen molar-refractivity contribution >= 4 is 5.91 Å². The van der Waals surface area contributed by atoms with Crippen molar-refractivity contribution in [2.45, 2.75) is 26.0 Å². The van der Waals surface area contributed by atoms with Gasteiger partial charge in [0.2, 0.25) is 17.6 Å². The van der Waals surface area contributed by atoms with Crippen LogP contribution in [0.5, 0.6) is 5.75 Å². The van der Waals surface area contributed by atoms with Gasteiger partial charge in [-0.05, 0) is 38.1 Å². The topological polar surface area (TPSA) is 71.7 Å². The van der Waals surface area contributed by atoms with Gasteiger partial charge in [0.1, 0.15) is 5.75 Å². The standard InChI is InChI=1S/C18H22F2N4O3/c1-23(2)17(25)12-7-9-24(10-8-12)11-15-21-16(22-27-15)13-5-3-4-6-14(13)26-18(19)20/h3-6,12,18H,7-11H2,1-2H3. The van der Waals surface area contributed by atoms with Crippen molar-refractivity contribution in [2.24, 2.45) is 5.92 Å². The van der Waals surface area contributed by atoms with Gasteiger partial charge in [-0.2, -0.15) is 13.8 Å². The number of amides is 1. The molecule has 1 aromatic carbocycles. The second-order valence-electron chi connectivity index (χ2n) is 6.67. The maximum atomic E-state index is 12.5. The van der Waals surface area contributed by atoms with Gasteiger partial charge in [-0.15, -0.1) is 0 Å². The second kappa shape index (κ2) is 8.43. The van der Waals surface area contributed by atoms with Gasteiger partial charge in [0.25, 0.3) is 0 Å². The van der Waals surface area contributed by atoms with Crippen LogP contribution in [0.25, 0.3) is 11.4 Å². The normalized spacial score (nSPS) is 15.9. The van der Waals surface area contributed by atoms with E-state index in [4.69, 9.17) is 4.52 Å². The smallest absolute Gasteiger partial charge is 0.387 e. The summed E-state index contributed by atoms with van der Waals surface area (Å²) < 4.78 is 34.9. The molecule has 2 aromatic rings. The summed E-state index contributed by atoms with van der Waals surface area (Å²) in [6.07, 6.45) is 1.56. The maximum absolute atomic E-state index is 12.5. The van der Waals surface area contributed by atoms with E-state index >= 15 is 0 Å². The molecule has 7 nitrogen and oxygen atoms in total. The number of carbonyl (C=O) groups excluding carboxylic acids is 1. The summed E-state index contributed by atoms with van der Waals surface area (Å²) in [4.78, 5) is 20.1. The number of benzene rings is 1. The number of aromatic nitrogens is 2. The van der Waals surface area contributed by atoms with E-state index in [0.29, 0.717) is 18.0 Å². The fraction of sp³-hybridized carbons (Fsp3) is 0.500. The lowest BCUT2D eigenvalue weighted by Crippen LogP contribution is -2.39. The molecule has 27 heavy (non-hydrogen) atoms. The number of ether oxygens (including phenoxy) is 1. The molecule has 0 N–H and O–H groups in total. The number of alkyl halides is 2. The molecule has 1 aromatic heterocycles. The Balaban J connectivity index is 1.62. The number of rotatable bonds is 6. The van der Waals surface area contributed by atoms with Crippen molar-refractivity contribution in [1.82, 2.24) is 19.9 Å². The van der Waals surface area contributed by atoms with Crippen LogP contribution in [0.15, 0.2) is 28.8 Å². The van der Waals surface area contributed by atoms with E-state index in [1.54, 1.807) is 37.2 Å². The Morgan fingerprint density at radius 3 is 2.70 bits per heavy atom. The Morgan fingerprint density at radius 2 is 2.04 bits per heavy atom. The number of likely N-dealkylation sites (tertiary alicyclic amines) is 1. The van der Waals surface area contributed by atoms with Gasteiger partial charge in [-0.25, -0.2) is 0 Å². The molecular formula is C18H22F2N4O3. The average Bonchev–Trinajstić information content (AvgIpc) is 3.10. The summed E-state index contributed by atoms with van der Waals surface area (Å²) in [7, 11) is 3.54. The quantitative estimate of drug-likeness (QED) is 0.767. The summed E-state index contributed by atoms with van der Waals surface area (Å²) in [6, 6.07) is 6.33. The van der Waals surface area contributed by atoms with E-state index in [1.807, 2.05) is 0 Å². The molecule has 9 heteroatoms. The monoisotopic (exact) mass is 380 g/mol. The molecule has 1 aliphatic heterocycles. The minimum Gasteiger partial charge on any atom is -0.434 e. The van der Waals surface area contributed by atoms with Crippen molar-refractivity contribution < 1.29 is 22.8 Å². The molecule has 1 fully saturated rings. The highest BCUT2D eigenvalue weighted by Gasteiger charge is 2.27. The van der Waals surface area contributed by atoms with Gasteiger partial charge in [-0.3, -0.25) is 9.69 Å². The molecule has 0 saturated carbocycles. The van der Waals surface area contributed by atoms with E-state index in [9.17, 15) is 13.6 Å². The third kappa shape index (κ3) is 4.79. The largest absolute Gasteiger partial charge is 0.434 e. The van der Waals surface area contributed by atoms with E-state index in [2.05, 4.69) is 19.8 Å². The zero-order chi connectivity index (χ0) is 19.4. The zero-order valence-electron chi connectivity index (χ0n) is 15.3. The molecule has 1 aliphatic rings. The number of hydrogen-bond donors (Lipinski definition) is 0. The number of nitrogens with zero attached hydrogens (tertiary/aromatic N) is 4. The molecule has 146 valence electrons. The summed E-state index contributed by atoms with van der Waals surface area (Å²) >= 11 is 0. The third-order valence-corrected chi connectivity index (χ3v) is 4.55. The molecule has 0 spiro atoms. The van der Waals surface area contributed by atoms with Crippen molar-refractivity contribution in [3.63, 3.8) is 0 Å². The molecule has 0 aliphatic carbocycles. The first-order valence-corrected chi connectivity index (χ1v) is 8.74. The molecule has 1 amide bonds. The van der Waals surface area contributed by atoms with Crippen LogP contribution in [0.3, 0.4) is 0 Å². The van der Waals surface area contributed by atoms with Crippen LogP contribution in [-0.4, -0.2) is 59.6 Å².